The maximum absolute atomic E-state index is 5.11. The van der Waals surface area contributed by atoms with Crippen molar-refractivity contribution in [3.8, 4) is 55.8 Å². The number of fused-ring (bicyclic) bond motifs is 6. The van der Waals surface area contributed by atoms with E-state index in [1.54, 1.807) is 0 Å². The number of hydrogen-bond acceptors (Lipinski definition) is 5. The highest BCUT2D eigenvalue weighted by Crippen LogP contribution is 2.40. The van der Waals surface area contributed by atoms with Crippen molar-refractivity contribution in [1.29, 1.82) is 0 Å². The molecule has 0 spiro atoms. The maximum Gasteiger partial charge on any atom is 0.0995 e. The number of pyridine rings is 1. The van der Waals surface area contributed by atoms with Crippen LogP contribution in [-0.4, -0.2) is 18.3 Å². The van der Waals surface area contributed by atoms with Crippen LogP contribution in [0.5, 0.6) is 0 Å². The fourth-order valence-corrected chi connectivity index (χ4v) is 11.7. The van der Waals surface area contributed by atoms with Crippen LogP contribution in [0.4, 0.5) is 22.7 Å². The molecule has 0 radical (unpaired) electrons. The van der Waals surface area contributed by atoms with E-state index in [2.05, 4.69) is 293 Å². The van der Waals surface area contributed by atoms with E-state index in [1.165, 1.54) is 106 Å². The van der Waals surface area contributed by atoms with Crippen LogP contribution in [0, 0.1) is 0 Å². The molecule has 5 heterocycles. The molecule has 5 heteroatoms. The molecular formula is C73H57N5. The normalized spacial score (nSPS) is 13.9. The minimum absolute atomic E-state index is 0.805. The molecule has 374 valence electrons. The SMILES string of the molecule is C1=Cc2cc(CCc3cc(CCc4ccc5c(c4)C=CC4=CN(c6ccccc6)CN45)cc(-c4ccccc4-c4ccc(-c5cccc(-c6ccc(-c7ccccc7)cc6)c5)nc4)c3)ccc2N2CN(c3ccccc3)C=C12. The molecule has 5 nitrogen and oxygen atoms in total. The third kappa shape index (κ3) is 9.41. The van der Waals surface area contributed by atoms with Crippen molar-refractivity contribution >= 4 is 34.9 Å². The lowest BCUT2D eigenvalue weighted by atomic mass is 9.90. The van der Waals surface area contributed by atoms with Crippen LogP contribution in [0.25, 0.3) is 67.9 Å². The second-order valence-electron chi connectivity index (χ2n) is 20.9. The molecule has 0 bridgehead atoms. The number of anilines is 4. The molecule has 4 aliphatic rings. The van der Waals surface area contributed by atoms with Gasteiger partial charge in [0.15, 0.2) is 0 Å². The van der Waals surface area contributed by atoms with Gasteiger partial charge >= 0.3 is 0 Å². The third-order valence-corrected chi connectivity index (χ3v) is 15.8. The fraction of sp³-hybridized carbons (Fsp3) is 0.0822. The van der Waals surface area contributed by atoms with Crippen LogP contribution in [0.15, 0.2) is 273 Å². The van der Waals surface area contributed by atoms with E-state index in [9.17, 15) is 0 Å². The standard InChI is InChI=1S/C73H57N5/c1-4-13-56(14-5-1)57-29-31-58(32-30-57)59-15-12-16-60(46-59)71-38-35-63(47-74-71)69-21-10-11-22-70(69)64-44-54(25-23-52-27-39-72-61(42-52)33-36-67-48-75(50-77(67)72)65-17-6-2-7-18-65)41-55(45-64)26-24-53-28-40-73-62(43-53)34-37-68-49-76(51-78(68)73)66-19-8-3-9-20-66/h1-22,27-49H,23-26,50-51H2. The molecule has 0 fully saturated rings. The topological polar surface area (TPSA) is 25.9 Å². The molecule has 4 aliphatic heterocycles. The van der Waals surface area contributed by atoms with Gasteiger partial charge in [0.1, 0.15) is 0 Å². The number of aryl methyl sites for hydroxylation is 4. The molecular weight excluding hydrogens is 947 g/mol. The summed E-state index contributed by atoms with van der Waals surface area (Å²) in [5.74, 6) is 0. The Morgan fingerprint density at radius 2 is 0.782 bits per heavy atom. The fourth-order valence-electron chi connectivity index (χ4n) is 11.7. The number of aromatic nitrogens is 1. The summed E-state index contributed by atoms with van der Waals surface area (Å²) < 4.78 is 0. The Bertz CT molecular complexity index is 3820. The van der Waals surface area contributed by atoms with Gasteiger partial charge in [0.05, 0.1) is 41.8 Å². The first-order valence-electron chi connectivity index (χ1n) is 27.3. The Morgan fingerprint density at radius 3 is 1.33 bits per heavy atom. The summed E-state index contributed by atoms with van der Waals surface area (Å²) in [4.78, 5) is 14.6. The van der Waals surface area contributed by atoms with Gasteiger partial charge in [0.2, 0.25) is 0 Å². The molecule has 1 aromatic heterocycles. The van der Waals surface area contributed by atoms with E-state index in [1.807, 2.05) is 0 Å². The average molecular weight is 1000 g/mol. The van der Waals surface area contributed by atoms with Gasteiger partial charge in [-0.15, -0.1) is 0 Å². The van der Waals surface area contributed by atoms with Crippen LogP contribution in [0.1, 0.15) is 33.4 Å². The van der Waals surface area contributed by atoms with E-state index < -0.39 is 0 Å². The summed E-state index contributed by atoms with van der Waals surface area (Å²) >= 11 is 0. The summed E-state index contributed by atoms with van der Waals surface area (Å²) in [7, 11) is 0. The van der Waals surface area contributed by atoms with E-state index in [-0.39, 0.29) is 0 Å². The second kappa shape index (κ2) is 20.4. The number of rotatable bonds is 13. The van der Waals surface area contributed by atoms with Gasteiger partial charge in [0.25, 0.3) is 0 Å². The van der Waals surface area contributed by atoms with Gasteiger partial charge in [-0.1, -0.05) is 182 Å². The number of benzene rings is 9. The number of nitrogens with zero attached hydrogens (tertiary/aromatic N) is 5. The van der Waals surface area contributed by atoms with E-state index >= 15 is 0 Å². The Morgan fingerprint density at radius 1 is 0.321 bits per heavy atom. The summed E-state index contributed by atoms with van der Waals surface area (Å²) in [6.07, 6.45) is 19.4. The molecule has 78 heavy (non-hydrogen) atoms. The molecule has 9 aromatic carbocycles. The zero-order valence-corrected chi connectivity index (χ0v) is 43.5. The second-order valence-corrected chi connectivity index (χ2v) is 20.9. The van der Waals surface area contributed by atoms with Crippen LogP contribution < -0.4 is 19.6 Å². The Kier molecular flexibility index (Phi) is 12.3. The molecule has 0 N–H and O–H groups in total. The minimum atomic E-state index is 0.805. The summed E-state index contributed by atoms with van der Waals surface area (Å²) in [5.41, 5.74) is 26.9. The first-order valence-corrected chi connectivity index (χ1v) is 27.3. The monoisotopic (exact) mass is 1000 g/mol. The largest absolute Gasteiger partial charge is 0.327 e. The van der Waals surface area contributed by atoms with Gasteiger partial charge in [-0.05, 0) is 171 Å². The lowest BCUT2D eigenvalue weighted by Crippen LogP contribution is -2.27. The van der Waals surface area contributed by atoms with Gasteiger partial charge in [-0.2, -0.15) is 0 Å². The third-order valence-electron chi connectivity index (χ3n) is 15.8. The molecule has 0 unspecified atom stereocenters. The van der Waals surface area contributed by atoms with Crippen LogP contribution in [0.3, 0.4) is 0 Å². The molecule has 0 saturated heterocycles. The van der Waals surface area contributed by atoms with Gasteiger partial charge in [-0.25, -0.2) is 0 Å². The van der Waals surface area contributed by atoms with Crippen LogP contribution in [-0.2, 0) is 25.7 Å². The Balaban J connectivity index is 0.731. The molecule has 0 saturated carbocycles. The van der Waals surface area contributed by atoms with E-state index in [4.69, 9.17) is 4.98 Å². The van der Waals surface area contributed by atoms with E-state index in [0.717, 1.165) is 55.8 Å². The smallest absolute Gasteiger partial charge is 0.0995 e. The van der Waals surface area contributed by atoms with Gasteiger partial charge in [-0.3, -0.25) is 4.98 Å². The van der Waals surface area contributed by atoms with E-state index in [0.29, 0.717) is 0 Å². The van der Waals surface area contributed by atoms with Crippen molar-refractivity contribution in [2.75, 3.05) is 32.9 Å². The average Bonchev–Trinajstić information content (AvgIpc) is 4.22. The highest BCUT2D eigenvalue weighted by atomic mass is 15.4. The molecule has 14 rings (SSSR count). The van der Waals surface area contributed by atoms with Crippen molar-refractivity contribution < 1.29 is 0 Å². The lowest BCUT2D eigenvalue weighted by molar-refractivity contribution is 0.925. The first kappa shape index (κ1) is 46.8. The number of hydrogen-bond donors (Lipinski definition) is 0. The van der Waals surface area contributed by atoms with Crippen molar-refractivity contribution in [1.82, 2.24) is 4.98 Å². The Hall–Kier alpha value is -9.71. The van der Waals surface area contributed by atoms with Gasteiger partial charge < -0.3 is 19.6 Å². The lowest BCUT2D eigenvalue weighted by Gasteiger charge is -2.27. The van der Waals surface area contributed by atoms with Crippen molar-refractivity contribution in [3.05, 3.63) is 306 Å². The first-order chi connectivity index (χ1) is 38.6. The summed E-state index contributed by atoms with van der Waals surface area (Å²) in [6.45, 7) is 1.61. The molecule has 10 aromatic rings. The van der Waals surface area contributed by atoms with Crippen molar-refractivity contribution in [2.45, 2.75) is 25.7 Å². The maximum atomic E-state index is 5.11. The highest BCUT2D eigenvalue weighted by molar-refractivity contribution is 5.85. The minimum Gasteiger partial charge on any atom is -0.327 e. The van der Waals surface area contributed by atoms with Crippen molar-refractivity contribution in [2.24, 2.45) is 0 Å². The molecule has 0 amide bonds. The highest BCUT2D eigenvalue weighted by Gasteiger charge is 2.27. The van der Waals surface area contributed by atoms with Crippen molar-refractivity contribution in [3.63, 3.8) is 0 Å². The number of allylic oxidation sites excluding steroid dienone is 2. The predicted molar refractivity (Wildman–Crippen MR) is 326 cm³/mol. The van der Waals surface area contributed by atoms with Crippen LogP contribution in [0.2, 0.25) is 0 Å². The predicted octanol–water partition coefficient (Wildman–Crippen LogP) is 17.3. The summed E-state index contributed by atoms with van der Waals surface area (Å²) in [6, 6.07) is 84.1. The quantitative estimate of drug-likeness (QED) is 0.115. The summed E-state index contributed by atoms with van der Waals surface area (Å²) in [5, 5.41) is 0. The zero-order chi connectivity index (χ0) is 51.8. The molecule has 0 atom stereocenters. The number of para-hydroxylation sites is 2. The zero-order valence-electron chi connectivity index (χ0n) is 43.5. The Labute approximate surface area is 458 Å². The van der Waals surface area contributed by atoms with Gasteiger partial charge in [0, 0.05) is 41.1 Å². The molecule has 0 aliphatic carbocycles. The van der Waals surface area contributed by atoms with Crippen LogP contribution >= 0.6 is 0 Å².